The highest BCUT2D eigenvalue weighted by Gasteiger charge is 2.29. The monoisotopic (exact) mass is 261 g/mol. The number of amides is 1. The van der Waals surface area contributed by atoms with Gasteiger partial charge in [-0.1, -0.05) is 38.8 Å². The van der Waals surface area contributed by atoms with E-state index in [9.17, 15) is 9.90 Å². The van der Waals surface area contributed by atoms with Crippen molar-refractivity contribution in [3.05, 3.63) is 29.8 Å². The van der Waals surface area contributed by atoms with Crippen molar-refractivity contribution in [1.29, 1.82) is 0 Å². The molecule has 3 nitrogen and oxygen atoms in total. The first-order chi connectivity index (χ1) is 9.09. The lowest BCUT2D eigenvalue weighted by molar-refractivity contribution is 0.0886. The van der Waals surface area contributed by atoms with Gasteiger partial charge in [-0.3, -0.25) is 4.79 Å². The average Bonchev–Trinajstić information content (AvgIpc) is 2.39. The molecular formula is C16H23NO2. The quantitative estimate of drug-likeness (QED) is 0.876. The SMILES string of the molecule is CC(C)C1CCCCC1NC(=O)c1ccccc1O. The third kappa shape index (κ3) is 3.28. The van der Waals surface area contributed by atoms with Crippen LogP contribution in [0.25, 0.3) is 0 Å². The van der Waals surface area contributed by atoms with Crippen LogP contribution in [0.4, 0.5) is 0 Å². The summed E-state index contributed by atoms with van der Waals surface area (Å²) >= 11 is 0. The number of rotatable bonds is 3. The van der Waals surface area contributed by atoms with Gasteiger partial charge in [0, 0.05) is 6.04 Å². The molecule has 1 aromatic rings. The van der Waals surface area contributed by atoms with E-state index < -0.39 is 0 Å². The van der Waals surface area contributed by atoms with Gasteiger partial charge in [0.25, 0.3) is 5.91 Å². The van der Waals surface area contributed by atoms with E-state index in [1.807, 2.05) is 0 Å². The number of nitrogens with one attached hydrogen (secondary N) is 1. The molecule has 0 heterocycles. The molecule has 19 heavy (non-hydrogen) atoms. The first-order valence-electron chi connectivity index (χ1n) is 7.18. The molecule has 2 unspecified atom stereocenters. The zero-order valence-corrected chi connectivity index (χ0v) is 11.7. The summed E-state index contributed by atoms with van der Waals surface area (Å²) in [4.78, 5) is 12.2. The fraction of sp³-hybridized carbons (Fsp3) is 0.562. The van der Waals surface area contributed by atoms with Crippen LogP contribution in [-0.2, 0) is 0 Å². The molecule has 1 amide bonds. The molecular weight excluding hydrogens is 238 g/mol. The van der Waals surface area contributed by atoms with Gasteiger partial charge in [-0.05, 0) is 36.8 Å². The zero-order valence-electron chi connectivity index (χ0n) is 11.7. The molecule has 0 saturated heterocycles. The normalized spacial score (nSPS) is 23.3. The summed E-state index contributed by atoms with van der Waals surface area (Å²) in [7, 11) is 0. The predicted molar refractivity (Wildman–Crippen MR) is 76.2 cm³/mol. The zero-order chi connectivity index (χ0) is 13.8. The summed E-state index contributed by atoms with van der Waals surface area (Å²) in [6.45, 7) is 4.43. The molecule has 2 atom stereocenters. The number of phenolic OH excluding ortho intramolecular Hbond substituents is 1. The second-order valence-corrected chi connectivity index (χ2v) is 5.79. The fourth-order valence-electron chi connectivity index (χ4n) is 3.05. The van der Waals surface area contributed by atoms with Crippen molar-refractivity contribution >= 4 is 5.91 Å². The molecule has 0 radical (unpaired) electrons. The van der Waals surface area contributed by atoms with Crippen LogP contribution >= 0.6 is 0 Å². The standard InChI is InChI=1S/C16H23NO2/c1-11(2)12-7-3-5-9-14(12)17-16(19)13-8-4-6-10-15(13)18/h4,6,8,10-12,14,18H,3,5,7,9H2,1-2H3,(H,17,19). The van der Waals surface area contributed by atoms with Crippen LogP contribution in [-0.4, -0.2) is 17.1 Å². The van der Waals surface area contributed by atoms with Gasteiger partial charge in [-0.25, -0.2) is 0 Å². The molecule has 104 valence electrons. The van der Waals surface area contributed by atoms with E-state index in [-0.39, 0.29) is 17.7 Å². The van der Waals surface area contributed by atoms with Gasteiger partial charge in [0.15, 0.2) is 0 Å². The van der Waals surface area contributed by atoms with Crippen LogP contribution in [0.1, 0.15) is 49.9 Å². The maximum atomic E-state index is 12.2. The number of hydrogen-bond acceptors (Lipinski definition) is 2. The summed E-state index contributed by atoms with van der Waals surface area (Å²) in [5.41, 5.74) is 0.371. The predicted octanol–water partition coefficient (Wildman–Crippen LogP) is 3.34. The molecule has 2 N–H and O–H groups in total. The Labute approximate surface area is 115 Å². The Bertz CT molecular complexity index is 442. The van der Waals surface area contributed by atoms with Crippen LogP contribution in [0.2, 0.25) is 0 Å². The van der Waals surface area contributed by atoms with Gasteiger partial charge in [0.05, 0.1) is 5.56 Å². The maximum absolute atomic E-state index is 12.2. The van der Waals surface area contributed by atoms with Crippen LogP contribution in [0.3, 0.4) is 0 Å². The van der Waals surface area contributed by atoms with E-state index in [0.717, 1.165) is 6.42 Å². The molecule has 0 aromatic heterocycles. The second kappa shape index (κ2) is 6.09. The lowest BCUT2D eigenvalue weighted by Crippen LogP contribution is -2.43. The summed E-state index contributed by atoms with van der Waals surface area (Å²) < 4.78 is 0. The highest BCUT2D eigenvalue weighted by molar-refractivity contribution is 5.96. The van der Waals surface area contributed by atoms with E-state index >= 15 is 0 Å². The Balaban J connectivity index is 2.07. The first-order valence-corrected chi connectivity index (χ1v) is 7.18. The second-order valence-electron chi connectivity index (χ2n) is 5.79. The lowest BCUT2D eigenvalue weighted by Gasteiger charge is -2.34. The third-order valence-electron chi connectivity index (χ3n) is 4.14. The molecule has 0 spiro atoms. The van der Waals surface area contributed by atoms with Crippen molar-refractivity contribution in [2.75, 3.05) is 0 Å². The van der Waals surface area contributed by atoms with Crippen LogP contribution in [0, 0.1) is 11.8 Å². The van der Waals surface area contributed by atoms with Crippen LogP contribution in [0.5, 0.6) is 5.75 Å². The summed E-state index contributed by atoms with van der Waals surface area (Å²) in [5.74, 6) is 1.02. The Kier molecular flexibility index (Phi) is 4.46. The van der Waals surface area contributed by atoms with Gasteiger partial charge in [-0.15, -0.1) is 0 Å². The van der Waals surface area contributed by atoms with E-state index in [4.69, 9.17) is 0 Å². The topological polar surface area (TPSA) is 49.3 Å². The molecule has 1 saturated carbocycles. The van der Waals surface area contributed by atoms with Gasteiger partial charge < -0.3 is 10.4 Å². The van der Waals surface area contributed by atoms with Crippen molar-refractivity contribution < 1.29 is 9.90 Å². The highest BCUT2D eigenvalue weighted by Crippen LogP contribution is 2.30. The number of hydrogen-bond donors (Lipinski definition) is 2. The molecule has 0 aliphatic heterocycles. The van der Waals surface area contributed by atoms with Crippen molar-refractivity contribution in [3.63, 3.8) is 0 Å². The van der Waals surface area contributed by atoms with Crippen LogP contribution < -0.4 is 5.32 Å². The van der Waals surface area contributed by atoms with Gasteiger partial charge in [0.2, 0.25) is 0 Å². The number of aromatic hydroxyl groups is 1. The number of para-hydroxylation sites is 1. The largest absolute Gasteiger partial charge is 0.507 e. The molecule has 1 fully saturated rings. The van der Waals surface area contributed by atoms with Crippen molar-refractivity contribution in [2.24, 2.45) is 11.8 Å². The minimum Gasteiger partial charge on any atom is -0.507 e. The number of benzene rings is 1. The molecule has 3 heteroatoms. The Morgan fingerprint density at radius 2 is 1.95 bits per heavy atom. The van der Waals surface area contributed by atoms with Crippen molar-refractivity contribution in [2.45, 2.75) is 45.6 Å². The average molecular weight is 261 g/mol. The minimum absolute atomic E-state index is 0.0527. The molecule has 1 aliphatic carbocycles. The molecule has 1 aliphatic rings. The number of carbonyl (C=O) groups is 1. The molecule has 2 rings (SSSR count). The fourth-order valence-corrected chi connectivity index (χ4v) is 3.05. The van der Waals surface area contributed by atoms with Crippen molar-refractivity contribution in [3.8, 4) is 5.75 Å². The Morgan fingerprint density at radius 3 is 2.63 bits per heavy atom. The van der Waals surface area contributed by atoms with Crippen LogP contribution in [0.15, 0.2) is 24.3 Å². The van der Waals surface area contributed by atoms with Crippen molar-refractivity contribution in [1.82, 2.24) is 5.32 Å². The minimum atomic E-state index is -0.157. The third-order valence-corrected chi connectivity index (χ3v) is 4.14. The Morgan fingerprint density at radius 1 is 1.26 bits per heavy atom. The number of phenols is 1. The van der Waals surface area contributed by atoms with Gasteiger partial charge in [0.1, 0.15) is 5.75 Å². The molecule has 0 bridgehead atoms. The van der Waals surface area contributed by atoms with Gasteiger partial charge in [-0.2, -0.15) is 0 Å². The Hall–Kier alpha value is -1.51. The summed E-state index contributed by atoms with van der Waals surface area (Å²) in [6.07, 6.45) is 4.66. The summed E-state index contributed by atoms with van der Waals surface area (Å²) in [6, 6.07) is 6.95. The van der Waals surface area contributed by atoms with E-state index in [1.165, 1.54) is 19.3 Å². The smallest absolute Gasteiger partial charge is 0.255 e. The van der Waals surface area contributed by atoms with E-state index in [0.29, 0.717) is 17.4 Å². The highest BCUT2D eigenvalue weighted by atomic mass is 16.3. The van der Waals surface area contributed by atoms with E-state index in [1.54, 1.807) is 24.3 Å². The molecule has 1 aromatic carbocycles. The van der Waals surface area contributed by atoms with E-state index in [2.05, 4.69) is 19.2 Å². The maximum Gasteiger partial charge on any atom is 0.255 e. The number of carbonyl (C=O) groups excluding carboxylic acids is 1. The lowest BCUT2D eigenvalue weighted by atomic mass is 9.78. The van der Waals surface area contributed by atoms with Gasteiger partial charge >= 0.3 is 0 Å². The summed E-state index contributed by atoms with van der Waals surface area (Å²) in [5, 5.41) is 12.8. The first kappa shape index (κ1) is 13.9.